The molecule has 198 valence electrons. The fourth-order valence-corrected chi connectivity index (χ4v) is 6.17. The van der Waals surface area contributed by atoms with Gasteiger partial charge >= 0.3 is 0 Å². The van der Waals surface area contributed by atoms with E-state index in [0.29, 0.717) is 64.7 Å². The van der Waals surface area contributed by atoms with Gasteiger partial charge in [0.05, 0.1) is 16.2 Å². The number of fused-ring (bicyclic) bond motifs is 1. The summed E-state index contributed by atoms with van der Waals surface area (Å²) in [6, 6.07) is 10.5. The van der Waals surface area contributed by atoms with Crippen molar-refractivity contribution in [1.82, 2.24) is 14.3 Å². The Bertz CT molecular complexity index is 1480. The maximum absolute atomic E-state index is 14.4. The average Bonchev–Trinajstić information content (AvgIpc) is 3.18. The van der Waals surface area contributed by atoms with Crippen LogP contribution in [0.1, 0.15) is 37.3 Å². The van der Waals surface area contributed by atoms with E-state index in [2.05, 4.69) is 11.8 Å². The van der Waals surface area contributed by atoms with Crippen molar-refractivity contribution in [3.05, 3.63) is 74.8 Å². The second-order valence-electron chi connectivity index (χ2n) is 9.51. The Morgan fingerprint density at radius 2 is 1.79 bits per heavy atom. The zero-order chi connectivity index (χ0) is 26.8. The summed E-state index contributed by atoms with van der Waals surface area (Å²) in [5.74, 6) is 0.120. The molecule has 2 aliphatic rings. The van der Waals surface area contributed by atoms with Crippen molar-refractivity contribution < 1.29 is 9.18 Å². The summed E-state index contributed by atoms with van der Waals surface area (Å²) in [5.41, 5.74) is 2.16. The number of aromatic nitrogens is 2. The highest BCUT2D eigenvalue weighted by Gasteiger charge is 2.33. The van der Waals surface area contributed by atoms with Crippen LogP contribution in [0, 0.1) is 12.7 Å². The fourth-order valence-electron chi connectivity index (χ4n) is 4.88. The Morgan fingerprint density at radius 1 is 1.05 bits per heavy atom. The minimum Gasteiger partial charge on any atom is -0.366 e. The van der Waals surface area contributed by atoms with E-state index in [9.17, 15) is 14.0 Å². The zero-order valence-electron chi connectivity index (χ0n) is 21.5. The van der Waals surface area contributed by atoms with Gasteiger partial charge in [-0.05, 0) is 43.2 Å². The van der Waals surface area contributed by atoms with E-state index in [4.69, 9.17) is 17.2 Å². The molecule has 0 bridgehead atoms. The molecule has 10 heteroatoms. The van der Waals surface area contributed by atoms with E-state index >= 15 is 0 Å². The maximum Gasteiger partial charge on any atom is 0.267 e. The first-order valence-electron chi connectivity index (χ1n) is 12.9. The van der Waals surface area contributed by atoms with Gasteiger partial charge in [0, 0.05) is 38.9 Å². The van der Waals surface area contributed by atoms with E-state index in [1.807, 2.05) is 30.0 Å². The quantitative estimate of drug-likeness (QED) is 0.236. The van der Waals surface area contributed by atoms with E-state index in [1.54, 1.807) is 29.3 Å². The fraction of sp³-hybridized carbons (Fsp3) is 0.357. The lowest BCUT2D eigenvalue weighted by Gasteiger charge is -2.37. The number of carbonyl (C=O) groups excluding carboxylic acids is 1. The molecule has 0 saturated carbocycles. The van der Waals surface area contributed by atoms with Crippen molar-refractivity contribution in [3.63, 3.8) is 0 Å². The Hall–Kier alpha value is -3.24. The molecule has 1 aromatic carbocycles. The standard InChI is InChI=1S/C28H30FN5O2S2/c1-3-4-7-12-34-27(36)23(38-28(34)37)18-20-25(30-24-19(2)9-8-13-33(24)26(20)35)32-16-14-31(15-17-32)22-11-6-5-10-21(22)29/h5-6,8-11,13,18H,3-4,7,12,14-17H2,1-2H3/b23-18-. The van der Waals surface area contributed by atoms with Crippen LogP contribution in [0.3, 0.4) is 0 Å². The Kier molecular flexibility index (Phi) is 7.80. The van der Waals surface area contributed by atoms with E-state index in [1.165, 1.54) is 22.2 Å². The summed E-state index contributed by atoms with van der Waals surface area (Å²) in [6.07, 6.45) is 6.31. The van der Waals surface area contributed by atoms with Crippen LogP contribution >= 0.6 is 24.0 Å². The van der Waals surface area contributed by atoms with Crippen LogP contribution in [0.4, 0.5) is 15.9 Å². The molecule has 3 aromatic rings. The third-order valence-electron chi connectivity index (χ3n) is 6.97. The molecule has 2 aromatic heterocycles. The van der Waals surface area contributed by atoms with Crippen molar-refractivity contribution >= 4 is 57.4 Å². The molecule has 0 unspecified atom stereocenters. The number of benzene rings is 1. The highest BCUT2D eigenvalue weighted by atomic mass is 32.2. The van der Waals surface area contributed by atoms with Crippen LogP contribution in [-0.4, -0.2) is 57.2 Å². The van der Waals surface area contributed by atoms with Crippen molar-refractivity contribution in [2.24, 2.45) is 0 Å². The van der Waals surface area contributed by atoms with E-state index < -0.39 is 0 Å². The second-order valence-corrected chi connectivity index (χ2v) is 11.2. The smallest absolute Gasteiger partial charge is 0.267 e. The number of halogens is 1. The van der Waals surface area contributed by atoms with Crippen LogP contribution in [0.2, 0.25) is 0 Å². The average molecular weight is 552 g/mol. The van der Waals surface area contributed by atoms with Crippen LogP contribution in [-0.2, 0) is 4.79 Å². The molecule has 2 fully saturated rings. The molecule has 4 heterocycles. The van der Waals surface area contributed by atoms with Gasteiger partial charge in [-0.25, -0.2) is 9.37 Å². The lowest BCUT2D eigenvalue weighted by Crippen LogP contribution is -2.47. The summed E-state index contributed by atoms with van der Waals surface area (Å²) >= 11 is 6.73. The summed E-state index contributed by atoms with van der Waals surface area (Å²) < 4.78 is 16.4. The molecule has 38 heavy (non-hydrogen) atoms. The van der Waals surface area contributed by atoms with Gasteiger partial charge in [0.15, 0.2) is 0 Å². The summed E-state index contributed by atoms with van der Waals surface area (Å²) in [4.78, 5) is 38.0. The van der Waals surface area contributed by atoms with Crippen molar-refractivity contribution in [2.75, 3.05) is 42.5 Å². The first-order valence-corrected chi connectivity index (χ1v) is 14.1. The molecule has 5 rings (SSSR count). The summed E-state index contributed by atoms with van der Waals surface area (Å²) in [6.45, 7) is 6.88. The topological polar surface area (TPSA) is 61.2 Å². The number of thiocarbonyl (C=S) groups is 1. The predicted molar refractivity (Wildman–Crippen MR) is 156 cm³/mol. The normalized spacial score (nSPS) is 17.3. The van der Waals surface area contributed by atoms with Gasteiger partial charge in [0.25, 0.3) is 11.5 Å². The number of rotatable bonds is 7. The maximum atomic E-state index is 14.4. The van der Waals surface area contributed by atoms with Crippen molar-refractivity contribution in [2.45, 2.75) is 33.1 Å². The molecular weight excluding hydrogens is 521 g/mol. The summed E-state index contributed by atoms with van der Waals surface area (Å²) in [7, 11) is 0. The Balaban J connectivity index is 1.51. The second kappa shape index (κ2) is 11.2. The van der Waals surface area contributed by atoms with Crippen LogP contribution in [0.5, 0.6) is 0 Å². The SMILES string of the molecule is CCCCCN1C(=O)/C(=C/c2c(N3CCN(c4ccccc4F)CC3)nc3c(C)cccn3c2=O)SC1=S. The largest absolute Gasteiger partial charge is 0.366 e. The van der Waals surface area contributed by atoms with Crippen LogP contribution in [0.15, 0.2) is 52.3 Å². The van der Waals surface area contributed by atoms with Gasteiger partial charge in [0.2, 0.25) is 0 Å². The molecule has 1 amide bonds. The van der Waals surface area contributed by atoms with Gasteiger partial charge in [0.1, 0.15) is 21.6 Å². The molecule has 2 aliphatic heterocycles. The third-order valence-corrected chi connectivity index (χ3v) is 8.35. The van der Waals surface area contributed by atoms with Crippen molar-refractivity contribution in [1.29, 1.82) is 0 Å². The number of pyridine rings is 1. The first-order chi connectivity index (χ1) is 18.4. The number of unbranched alkanes of at least 4 members (excludes halogenated alkanes) is 2. The third kappa shape index (κ3) is 5.07. The number of carbonyl (C=O) groups is 1. The lowest BCUT2D eigenvalue weighted by molar-refractivity contribution is -0.122. The minimum atomic E-state index is -0.250. The van der Waals surface area contributed by atoms with Gasteiger partial charge in [-0.3, -0.25) is 18.9 Å². The van der Waals surface area contributed by atoms with Crippen LogP contribution in [0.25, 0.3) is 11.7 Å². The number of amides is 1. The molecule has 0 atom stereocenters. The van der Waals surface area contributed by atoms with Gasteiger partial charge in [-0.2, -0.15) is 0 Å². The van der Waals surface area contributed by atoms with Gasteiger partial charge in [-0.15, -0.1) is 0 Å². The number of nitrogens with zero attached hydrogens (tertiary/aromatic N) is 5. The first kappa shape index (κ1) is 26.4. The molecule has 0 aliphatic carbocycles. The molecule has 0 N–H and O–H groups in total. The predicted octanol–water partition coefficient (Wildman–Crippen LogP) is 4.86. The molecule has 2 saturated heterocycles. The Labute approximate surface area is 230 Å². The number of piperazine rings is 1. The van der Waals surface area contributed by atoms with Gasteiger partial charge in [-0.1, -0.05) is 61.9 Å². The number of thioether (sulfide) groups is 1. The number of hydrogen-bond acceptors (Lipinski definition) is 7. The number of para-hydroxylation sites is 1. The van der Waals surface area contributed by atoms with Crippen LogP contribution < -0.4 is 15.4 Å². The summed E-state index contributed by atoms with van der Waals surface area (Å²) in [5, 5.41) is 0. The van der Waals surface area contributed by atoms with E-state index in [0.717, 1.165) is 24.8 Å². The van der Waals surface area contributed by atoms with Gasteiger partial charge < -0.3 is 9.80 Å². The Morgan fingerprint density at radius 3 is 2.53 bits per heavy atom. The highest BCUT2D eigenvalue weighted by molar-refractivity contribution is 8.26. The molecule has 7 nitrogen and oxygen atoms in total. The number of aryl methyl sites for hydroxylation is 1. The number of hydrogen-bond donors (Lipinski definition) is 0. The monoisotopic (exact) mass is 551 g/mol. The lowest BCUT2D eigenvalue weighted by atomic mass is 10.2. The zero-order valence-corrected chi connectivity index (χ0v) is 23.2. The minimum absolute atomic E-state index is 0.167. The molecule has 0 spiro atoms. The van der Waals surface area contributed by atoms with E-state index in [-0.39, 0.29) is 17.3 Å². The number of anilines is 2. The van der Waals surface area contributed by atoms with Crippen molar-refractivity contribution in [3.8, 4) is 0 Å². The molecule has 0 radical (unpaired) electrons. The molecular formula is C28H30FN5O2S2. The highest BCUT2D eigenvalue weighted by Crippen LogP contribution is 2.34.